The average molecular weight is 403 g/mol. The molecule has 0 radical (unpaired) electrons. The summed E-state index contributed by atoms with van der Waals surface area (Å²) in [7, 11) is 5.88. The molecule has 1 fully saturated rings. The van der Waals surface area contributed by atoms with Crippen molar-refractivity contribution in [3.05, 3.63) is 65.7 Å². The van der Waals surface area contributed by atoms with Crippen molar-refractivity contribution in [2.45, 2.75) is 37.1 Å². The summed E-state index contributed by atoms with van der Waals surface area (Å²) in [4.78, 5) is 14.9. The van der Waals surface area contributed by atoms with Crippen LogP contribution in [-0.4, -0.2) is 44.1 Å². The molecule has 0 saturated heterocycles. The fourth-order valence-electron chi connectivity index (χ4n) is 4.09. The number of hydrogen-bond acceptors (Lipinski definition) is 3. The molecule has 0 spiro atoms. The molecular weight excluding hydrogens is 372 g/mol. The maximum atomic E-state index is 12.6. The van der Waals surface area contributed by atoms with Crippen molar-refractivity contribution in [3.63, 3.8) is 0 Å². The number of carbonyl (C=O) groups is 1. The molecule has 2 aromatic rings. The lowest BCUT2D eigenvalue weighted by Gasteiger charge is -2.45. The molecule has 0 heterocycles. The van der Waals surface area contributed by atoms with Gasteiger partial charge in [-0.15, -0.1) is 12.4 Å². The Kier molecular flexibility index (Phi) is 7.90. The molecule has 5 heteroatoms. The van der Waals surface area contributed by atoms with Gasteiger partial charge in [0.25, 0.3) is 5.91 Å². The van der Waals surface area contributed by atoms with Crippen LogP contribution >= 0.6 is 12.4 Å². The average Bonchev–Trinajstić information content (AvgIpc) is 2.73. The van der Waals surface area contributed by atoms with Gasteiger partial charge in [-0.25, -0.2) is 0 Å². The quantitative estimate of drug-likeness (QED) is 0.773. The minimum Gasteiger partial charge on any atom is -0.497 e. The molecule has 152 valence electrons. The van der Waals surface area contributed by atoms with Crippen LogP contribution < -0.4 is 10.1 Å². The number of halogens is 1. The van der Waals surface area contributed by atoms with Crippen LogP contribution in [0.1, 0.15) is 47.5 Å². The van der Waals surface area contributed by atoms with E-state index in [0.717, 1.165) is 31.4 Å². The third kappa shape index (κ3) is 5.06. The monoisotopic (exact) mass is 402 g/mol. The number of nitrogens with zero attached hydrogens (tertiary/aromatic N) is 1. The Hall–Kier alpha value is -2.04. The van der Waals surface area contributed by atoms with E-state index in [0.29, 0.717) is 18.0 Å². The summed E-state index contributed by atoms with van der Waals surface area (Å²) in [5.74, 6) is 1.36. The van der Waals surface area contributed by atoms with Gasteiger partial charge < -0.3 is 15.0 Å². The summed E-state index contributed by atoms with van der Waals surface area (Å²) in [6.45, 7) is 0.673. The molecule has 28 heavy (non-hydrogen) atoms. The molecule has 1 aliphatic rings. The van der Waals surface area contributed by atoms with Crippen LogP contribution in [0.2, 0.25) is 0 Å². The zero-order chi connectivity index (χ0) is 19.3. The molecule has 0 atom stereocenters. The van der Waals surface area contributed by atoms with E-state index in [1.165, 1.54) is 5.56 Å². The van der Waals surface area contributed by atoms with Crippen LogP contribution in [0.4, 0.5) is 0 Å². The standard InChI is InChI=1S/C23H30N2O2.ClH/c1-25(2)23(15-13-19(14-16-23)18-7-5-4-6-8-18)17-24-22(26)20-9-11-21(27-3)12-10-20;/h4-12,19H,13-17H2,1-3H3,(H,24,26);1H. The van der Waals surface area contributed by atoms with E-state index in [1.54, 1.807) is 7.11 Å². The van der Waals surface area contributed by atoms with E-state index in [2.05, 4.69) is 54.6 Å². The van der Waals surface area contributed by atoms with Gasteiger partial charge in [0.15, 0.2) is 0 Å². The minimum atomic E-state index is -0.0240. The normalized spacial score (nSPS) is 21.6. The number of nitrogens with one attached hydrogen (secondary N) is 1. The Morgan fingerprint density at radius 2 is 1.68 bits per heavy atom. The first kappa shape index (κ1) is 22.3. The number of hydrogen-bond donors (Lipinski definition) is 1. The zero-order valence-corrected chi connectivity index (χ0v) is 17.8. The van der Waals surface area contributed by atoms with Gasteiger partial charge in [-0.05, 0) is 75.5 Å². The molecule has 1 amide bonds. The summed E-state index contributed by atoms with van der Waals surface area (Å²) >= 11 is 0. The number of methoxy groups -OCH3 is 1. The largest absolute Gasteiger partial charge is 0.497 e. The SMILES string of the molecule is COc1ccc(C(=O)NCC2(N(C)C)CCC(c3ccccc3)CC2)cc1.Cl. The Labute approximate surface area is 174 Å². The van der Waals surface area contributed by atoms with Crippen molar-refractivity contribution in [3.8, 4) is 5.75 Å². The van der Waals surface area contributed by atoms with E-state index in [-0.39, 0.29) is 23.9 Å². The molecule has 3 rings (SSSR count). The zero-order valence-electron chi connectivity index (χ0n) is 17.0. The number of likely N-dealkylation sites (N-methyl/N-ethyl adjacent to an activating group) is 1. The van der Waals surface area contributed by atoms with Crippen LogP contribution in [0.3, 0.4) is 0 Å². The van der Waals surface area contributed by atoms with Gasteiger partial charge in [0.1, 0.15) is 5.75 Å². The first-order chi connectivity index (χ1) is 13.0. The molecule has 4 nitrogen and oxygen atoms in total. The van der Waals surface area contributed by atoms with Gasteiger partial charge in [-0.2, -0.15) is 0 Å². The smallest absolute Gasteiger partial charge is 0.251 e. The molecule has 0 unspecified atom stereocenters. The fraction of sp³-hybridized carbons (Fsp3) is 0.435. The van der Waals surface area contributed by atoms with Crippen molar-refractivity contribution < 1.29 is 9.53 Å². The molecule has 1 N–H and O–H groups in total. The lowest BCUT2D eigenvalue weighted by atomic mass is 9.73. The molecular formula is C23H31ClN2O2. The molecule has 0 bridgehead atoms. The molecule has 1 aliphatic carbocycles. The highest BCUT2D eigenvalue weighted by atomic mass is 35.5. The Morgan fingerprint density at radius 1 is 1.07 bits per heavy atom. The van der Waals surface area contributed by atoms with Crippen molar-refractivity contribution in [2.75, 3.05) is 27.7 Å². The predicted octanol–water partition coefficient (Wildman–Crippen LogP) is 4.51. The Balaban J connectivity index is 0.00000280. The highest BCUT2D eigenvalue weighted by Gasteiger charge is 2.37. The van der Waals surface area contributed by atoms with Gasteiger partial charge in [-0.1, -0.05) is 30.3 Å². The second kappa shape index (κ2) is 9.94. The maximum Gasteiger partial charge on any atom is 0.251 e. The van der Waals surface area contributed by atoms with Crippen LogP contribution in [0.5, 0.6) is 5.75 Å². The van der Waals surface area contributed by atoms with Crippen LogP contribution in [0.15, 0.2) is 54.6 Å². The Morgan fingerprint density at radius 3 is 2.21 bits per heavy atom. The molecule has 0 aromatic heterocycles. The van der Waals surface area contributed by atoms with Crippen molar-refractivity contribution in [1.29, 1.82) is 0 Å². The van der Waals surface area contributed by atoms with Crippen LogP contribution in [0.25, 0.3) is 0 Å². The van der Waals surface area contributed by atoms with E-state index in [9.17, 15) is 4.79 Å². The summed E-state index contributed by atoms with van der Waals surface area (Å²) < 4.78 is 5.16. The number of rotatable bonds is 6. The van der Waals surface area contributed by atoms with Gasteiger partial charge >= 0.3 is 0 Å². The van der Waals surface area contributed by atoms with Crippen LogP contribution in [0, 0.1) is 0 Å². The highest BCUT2D eigenvalue weighted by molar-refractivity contribution is 5.94. The van der Waals surface area contributed by atoms with Crippen molar-refractivity contribution in [2.24, 2.45) is 0 Å². The summed E-state index contributed by atoms with van der Waals surface area (Å²) in [6.07, 6.45) is 4.48. The summed E-state index contributed by atoms with van der Waals surface area (Å²) in [6, 6.07) is 18.0. The van der Waals surface area contributed by atoms with Crippen LogP contribution in [-0.2, 0) is 0 Å². The summed E-state index contributed by atoms with van der Waals surface area (Å²) in [5, 5.41) is 3.16. The van der Waals surface area contributed by atoms with E-state index < -0.39 is 0 Å². The topological polar surface area (TPSA) is 41.6 Å². The molecule has 0 aliphatic heterocycles. The first-order valence-electron chi connectivity index (χ1n) is 9.69. The van der Waals surface area contributed by atoms with E-state index in [1.807, 2.05) is 24.3 Å². The molecule has 1 saturated carbocycles. The predicted molar refractivity (Wildman–Crippen MR) is 117 cm³/mol. The lowest BCUT2D eigenvalue weighted by molar-refractivity contribution is 0.0769. The second-order valence-corrected chi connectivity index (χ2v) is 7.71. The van der Waals surface area contributed by atoms with Gasteiger partial charge in [-0.3, -0.25) is 4.79 Å². The van der Waals surface area contributed by atoms with E-state index in [4.69, 9.17) is 4.74 Å². The Bertz CT molecular complexity index is 739. The first-order valence-corrected chi connectivity index (χ1v) is 9.69. The lowest BCUT2D eigenvalue weighted by Crippen LogP contribution is -2.54. The molecule has 2 aromatic carbocycles. The highest BCUT2D eigenvalue weighted by Crippen LogP contribution is 2.40. The van der Waals surface area contributed by atoms with Gasteiger partial charge in [0.2, 0.25) is 0 Å². The second-order valence-electron chi connectivity index (χ2n) is 7.71. The van der Waals surface area contributed by atoms with E-state index >= 15 is 0 Å². The third-order valence-electron chi connectivity index (χ3n) is 6.07. The minimum absolute atomic E-state index is 0. The number of ether oxygens (including phenoxy) is 1. The van der Waals surface area contributed by atoms with Crippen molar-refractivity contribution in [1.82, 2.24) is 10.2 Å². The fourth-order valence-corrected chi connectivity index (χ4v) is 4.09. The third-order valence-corrected chi connectivity index (χ3v) is 6.07. The number of amides is 1. The van der Waals surface area contributed by atoms with Gasteiger partial charge in [0.05, 0.1) is 7.11 Å². The van der Waals surface area contributed by atoms with Gasteiger partial charge in [0, 0.05) is 17.6 Å². The maximum absolute atomic E-state index is 12.6. The summed E-state index contributed by atoms with van der Waals surface area (Å²) in [5.41, 5.74) is 2.13. The number of benzene rings is 2. The van der Waals surface area contributed by atoms with Crippen molar-refractivity contribution >= 4 is 18.3 Å². The number of carbonyl (C=O) groups excluding carboxylic acids is 1.